The van der Waals surface area contributed by atoms with Gasteiger partial charge in [-0.15, -0.1) is 0 Å². The van der Waals surface area contributed by atoms with Crippen LogP contribution in [0, 0.1) is 0 Å². The Bertz CT molecular complexity index is 759. The molecule has 1 amide bonds. The molecule has 1 aromatic carbocycles. The monoisotopic (exact) mass is 353 g/mol. The highest BCUT2D eigenvalue weighted by Crippen LogP contribution is 2.32. The minimum absolute atomic E-state index is 0.0781. The lowest BCUT2D eigenvalue weighted by atomic mass is 10.1. The van der Waals surface area contributed by atoms with Gasteiger partial charge >= 0.3 is 6.18 Å². The fourth-order valence-electron chi connectivity index (χ4n) is 2.96. The zero-order chi connectivity index (χ0) is 18.2. The maximum atomic E-state index is 12.8. The summed E-state index contributed by atoms with van der Waals surface area (Å²) in [4.78, 5) is 14.2. The molecule has 1 fully saturated rings. The van der Waals surface area contributed by atoms with Gasteiger partial charge in [-0.1, -0.05) is 12.1 Å². The maximum Gasteiger partial charge on any atom is 0.416 e. The summed E-state index contributed by atoms with van der Waals surface area (Å²) in [5.41, 5.74) is -0.484. The van der Waals surface area contributed by atoms with Crippen LogP contribution in [-0.4, -0.2) is 36.1 Å². The minimum atomic E-state index is -4.43. The number of amides is 1. The second-order valence-corrected chi connectivity index (χ2v) is 6.21. The van der Waals surface area contributed by atoms with E-state index in [1.165, 1.54) is 24.3 Å². The molecule has 4 nitrogen and oxygen atoms in total. The molecule has 1 aliphatic heterocycles. The summed E-state index contributed by atoms with van der Waals surface area (Å²) in [5, 5.41) is 0. The van der Waals surface area contributed by atoms with Crippen molar-refractivity contribution in [2.45, 2.75) is 32.2 Å². The Morgan fingerprint density at radius 3 is 2.44 bits per heavy atom. The van der Waals surface area contributed by atoms with Crippen LogP contribution in [0.5, 0.6) is 0 Å². The van der Waals surface area contributed by atoms with Crippen LogP contribution in [0.4, 0.5) is 13.2 Å². The SMILES string of the molecule is C[C@@H]1CN(C(=O)c2ccc(-c3cccc(C(F)(F)F)c3)o2)C[C@@H](C)O1. The Labute approximate surface area is 143 Å². The third kappa shape index (κ3) is 3.87. The molecular formula is C18H18F3NO3. The van der Waals surface area contributed by atoms with Gasteiger partial charge in [0, 0.05) is 18.7 Å². The van der Waals surface area contributed by atoms with Crippen molar-refractivity contribution < 1.29 is 27.1 Å². The molecule has 3 rings (SSSR count). The number of carbonyl (C=O) groups is 1. The van der Waals surface area contributed by atoms with E-state index in [-0.39, 0.29) is 35.2 Å². The van der Waals surface area contributed by atoms with Gasteiger partial charge in [-0.25, -0.2) is 0 Å². The number of ether oxygens (including phenoxy) is 1. The summed E-state index contributed by atoms with van der Waals surface area (Å²) in [6, 6.07) is 7.83. The Hall–Kier alpha value is -2.28. The molecule has 0 spiro atoms. The van der Waals surface area contributed by atoms with Gasteiger partial charge in [0.1, 0.15) is 5.76 Å². The van der Waals surface area contributed by atoms with Crippen molar-refractivity contribution in [3.05, 3.63) is 47.7 Å². The van der Waals surface area contributed by atoms with Crippen LogP contribution < -0.4 is 0 Å². The van der Waals surface area contributed by atoms with Gasteiger partial charge in [-0.2, -0.15) is 13.2 Å². The molecule has 1 aliphatic rings. The van der Waals surface area contributed by atoms with Gasteiger partial charge in [0.25, 0.3) is 5.91 Å². The molecular weight excluding hydrogens is 335 g/mol. The summed E-state index contributed by atoms with van der Waals surface area (Å²) in [5.74, 6) is 0.0396. The van der Waals surface area contributed by atoms with E-state index >= 15 is 0 Å². The van der Waals surface area contributed by atoms with Gasteiger partial charge in [-0.05, 0) is 38.1 Å². The molecule has 134 valence electrons. The molecule has 0 unspecified atom stereocenters. The number of rotatable bonds is 2. The first-order valence-corrected chi connectivity index (χ1v) is 7.96. The second kappa shape index (κ2) is 6.55. The van der Waals surface area contributed by atoms with Gasteiger partial charge in [0.15, 0.2) is 5.76 Å². The average Bonchev–Trinajstić information content (AvgIpc) is 3.02. The second-order valence-electron chi connectivity index (χ2n) is 6.21. The van der Waals surface area contributed by atoms with Crippen molar-refractivity contribution in [3.63, 3.8) is 0 Å². The number of alkyl halides is 3. The first-order valence-electron chi connectivity index (χ1n) is 7.96. The highest BCUT2D eigenvalue weighted by Gasteiger charge is 2.31. The largest absolute Gasteiger partial charge is 0.451 e. The lowest BCUT2D eigenvalue weighted by molar-refractivity contribution is -0.137. The number of hydrogen-bond donors (Lipinski definition) is 0. The molecule has 1 saturated heterocycles. The molecule has 0 bridgehead atoms. The molecule has 0 radical (unpaired) electrons. The predicted octanol–water partition coefficient (Wildman–Crippen LogP) is 4.21. The third-order valence-corrected chi connectivity index (χ3v) is 4.00. The van der Waals surface area contributed by atoms with Crippen LogP contribution in [0.25, 0.3) is 11.3 Å². The van der Waals surface area contributed by atoms with Crippen LogP contribution in [0.3, 0.4) is 0 Å². The summed E-state index contributed by atoms with van der Waals surface area (Å²) >= 11 is 0. The summed E-state index contributed by atoms with van der Waals surface area (Å²) in [6.45, 7) is 4.66. The Morgan fingerprint density at radius 2 is 1.80 bits per heavy atom. The summed E-state index contributed by atoms with van der Waals surface area (Å²) in [6.07, 6.45) is -4.59. The van der Waals surface area contributed by atoms with Gasteiger partial charge in [-0.3, -0.25) is 4.79 Å². The number of carbonyl (C=O) groups excluding carboxylic acids is 1. The lowest BCUT2D eigenvalue weighted by Crippen LogP contribution is -2.48. The molecule has 1 aromatic heterocycles. The van der Waals surface area contributed by atoms with E-state index in [1.54, 1.807) is 4.90 Å². The number of morpholine rings is 1. The standard InChI is InChI=1S/C18H18F3NO3/c1-11-9-22(10-12(2)24-11)17(23)16-7-6-15(25-16)13-4-3-5-14(8-13)18(19,20)21/h3-8,11-12H,9-10H2,1-2H3/t11-,12-/m1/s1. The van der Waals surface area contributed by atoms with E-state index < -0.39 is 11.7 Å². The third-order valence-electron chi connectivity index (χ3n) is 4.00. The molecule has 0 aliphatic carbocycles. The zero-order valence-corrected chi connectivity index (χ0v) is 13.8. The van der Waals surface area contributed by atoms with Crippen LogP contribution in [0.15, 0.2) is 40.8 Å². The van der Waals surface area contributed by atoms with Gasteiger partial charge < -0.3 is 14.1 Å². The number of benzene rings is 1. The number of hydrogen-bond acceptors (Lipinski definition) is 3. The zero-order valence-electron chi connectivity index (χ0n) is 13.8. The van der Waals surface area contributed by atoms with Crippen molar-refractivity contribution in [3.8, 4) is 11.3 Å². The summed E-state index contributed by atoms with van der Waals surface area (Å²) < 4.78 is 49.6. The number of nitrogens with zero attached hydrogens (tertiary/aromatic N) is 1. The molecule has 2 heterocycles. The van der Waals surface area contributed by atoms with E-state index in [0.29, 0.717) is 13.1 Å². The molecule has 0 N–H and O–H groups in total. The number of halogens is 3. The van der Waals surface area contributed by atoms with Crippen molar-refractivity contribution in [1.82, 2.24) is 4.90 Å². The van der Waals surface area contributed by atoms with E-state index in [0.717, 1.165) is 12.1 Å². The van der Waals surface area contributed by atoms with Crippen molar-refractivity contribution >= 4 is 5.91 Å². The average molecular weight is 353 g/mol. The van der Waals surface area contributed by atoms with E-state index in [4.69, 9.17) is 9.15 Å². The molecule has 0 saturated carbocycles. The fourth-order valence-corrected chi connectivity index (χ4v) is 2.96. The van der Waals surface area contributed by atoms with E-state index in [9.17, 15) is 18.0 Å². The van der Waals surface area contributed by atoms with Gasteiger partial charge in [0.2, 0.25) is 0 Å². The molecule has 25 heavy (non-hydrogen) atoms. The predicted molar refractivity (Wildman–Crippen MR) is 85.1 cm³/mol. The fraction of sp³-hybridized carbons (Fsp3) is 0.389. The lowest BCUT2D eigenvalue weighted by Gasteiger charge is -2.34. The van der Waals surface area contributed by atoms with Gasteiger partial charge in [0.05, 0.1) is 17.8 Å². The molecule has 2 atom stereocenters. The van der Waals surface area contributed by atoms with Crippen molar-refractivity contribution in [1.29, 1.82) is 0 Å². The quantitative estimate of drug-likeness (QED) is 0.812. The van der Waals surface area contributed by atoms with Crippen LogP contribution >= 0.6 is 0 Å². The molecule has 2 aromatic rings. The highest BCUT2D eigenvalue weighted by molar-refractivity contribution is 5.92. The Kier molecular flexibility index (Phi) is 4.60. The van der Waals surface area contributed by atoms with E-state index in [1.807, 2.05) is 13.8 Å². The molecule has 7 heteroatoms. The van der Waals surface area contributed by atoms with Crippen molar-refractivity contribution in [2.24, 2.45) is 0 Å². The van der Waals surface area contributed by atoms with Crippen LogP contribution in [0.2, 0.25) is 0 Å². The highest BCUT2D eigenvalue weighted by atomic mass is 19.4. The normalized spacial score (nSPS) is 21.4. The number of furan rings is 1. The van der Waals surface area contributed by atoms with Crippen LogP contribution in [-0.2, 0) is 10.9 Å². The Balaban J connectivity index is 1.82. The first kappa shape index (κ1) is 17.5. The maximum absolute atomic E-state index is 12.8. The van der Waals surface area contributed by atoms with Crippen LogP contribution in [0.1, 0.15) is 30.0 Å². The smallest absolute Gasteiger partial charge is 0.416 e. The minimum Gasteiger partial charge on any atom is -0.451 e. The summed E-state index contributed by atoms with van der Waals surface area (Å²) in [7, 11) is 0. The van der Waals surface area contributed by atoms with Crippen molar-refractivity contribution in [2.75, 3.05) is 13.1 Å². The Morgan fingerprint density at radius 1 is 1.12 bits per heavy atom. The topological polar surface area (TPSA) is 42.7 Å². The first-order chi connectivity index (χ1) is 11.7. The van der Waals surface area contributed by atoms with E-state index in [2.05, 4.69) is 0 Å².